The minimum absolute atomic E-state index is 0.0241. The second-order valence-electron chi connectivity index (χ2n) is 4.88. The molecule has 0 heterocycles. The molecule has 0 radical (unpaired) electrons. The molecule has 4 nitrogen and oxygen atoms in total. The number of aliphatic hydroxyl groups is 1. The number of rotatable bonds is 9. The average Bonchev–Trinajstić information content (AvgIpc) is 2.49. The molecule has 0 saturated carbocycles. The number of amides is 1. The lowest BCUT2D eigenvalue weighted by atomic mass is 10.2. The monoisotopic (exact) mass is 279 g/mol. The van der Waals surface area contributed by atoms with Crippen molar-refractivity contribution >= 4 is 5.91 Å². The first-order valence-electron chi connectivity index (χ1n) is 7.28. The van der Waals surface area contributed by atoms with E-state index < -0.39 is 0 Å². The van der Waals surface area contributed by atoms with Gasteiger partial charge in [-0.05, 0) is 49.9 Å². The maximum Gasteiger partial charge on any atom is 0.253 e. The summed E-state index contributed by atoms with van der Waals surface area (Å²) in [6.07, 6.45) is 3.63. The van der Waals surface area contributed by atoms with Crippen molar-refractivity contribution in [1.82, 2.24) is 4.90 Å². The topological polar surface area (TPSA) is 49.8 Å². The summed E-state index contributed by atoms with van der Waals surface area (Å²) in [7, 11) is 1.81. The van der Waals surface area contributed by atoms with Gasteiger partial charge < -0.3 is 14.7 Å². The van der Waals surface area contributed by atoms with Gasteiger partial charge in [-0.1, -0.05) is 6.92 Å². The van der Waals surface area contributed by atoms with Gasteiger partial charge in [-0.25, -0.2) is 0 Å². The highest BCUT2D eigenvalue weighted by atomic mass is 16.5. The largest absolute Gasteiger partial charge is 0.494 e. The zero-order chi connectivity index (χ0) is 14.8. The smallest absolute Gasteiger partial charge is 0.253 e. The SMILES string of the molecule is CCCOc1ccc(C(=O)N(C)CCCCCO)cc1. The van der Waals surface area contributed by atoms with Gasteiger partial charge in [0.15, 0.2) is 0 Å². The van der Waals surface area contributed by atoms with Crippen LogP contribution in [0.15, 0.2) is 24.3 Å². The number of carbonyl (C=O) groups excluding carboxylic acids is 1. The summed E-state index contributed by atoms with van der Waals surface area (Å²) < 4.78 is 5.49. The van der Waals surface area contributed by atoms with Gasteiger partial charge in [-0.15, -0.1) is 0 Å². The van der Waals surface area contributed by atoms with Crippen molar-refractivity contribution in [2.45, 2.75) is 32.6 Å². The first kappa shape index (κ1) is 16.5. The molecule has 0 aromatic heterocycles. The minimum Gasteiger partial charge on any atom is -0.494 e. The highest BCUT2D eigenvalue weighted by Crippen LogP contribution is 2.14. The van der Waals surface area contributed by atoms with E-state index in [4.69, 9.17) is 9.84 Å². The molecule has 1 N–H and O–H groups in total. The summed E-state index contributed by atoms with van der Waals surface area (Å²) in [5.74, 6) is 0.824. The number of hydrogen-bond donors (Lipinski definition) is 1. The molecule has 0 aliphatic rings. The maximum atomic E-state index is 12.2. The van der Waals surface area contributed by atoms with E-state index >= 15 is 0 Å². The third kappa shape index (κ3) is 5.61. The minimum atomic E-state index is 0.0241. The molecule has 1 amide bonds. The first-order valence-corrected chi connectivity index (χ1v) is 7.28. The molecule has 0 fully saturated rings. The maximum absolute atomic E-state index is 12.2. The van der Waals surface area contributed by atoms with E-state index in [0.717, 1.165) is 31.4 Å². The highest BCUT2D eigenvalue weighted by Gasteiger charge is 2.11. The molecule has 20 heavy (non-hydrogen) atoms. The lowest BCUT2D eigenvalue weighted by Gasteiger charge is -2.17. The summed E-state index contributed by atoms with van der Waals surface area (Å²) in [4.78, 5) is 13.9. The summed E-state index contributed by atoms with van der Waals surface area (Å²) >= 11 is 0. The van der Waals surface area contributed by atoms with Crippen molar-refractivity contribution in [2.75, 3.05) is 26.8 Å². The number of hydrogen-bond acceptors (Lipinski definition) is 3. The van der Waals surface area contributed by atoms with Crippen LogP contribution in [0.25, 0.3) is 0 Å². The van der Waals surface area contributed by atoms with Crippen LogP contribution in [-0.4, -0.2) is 42.7 Å². The zero-order valence-electron chi connectivity index (χ0n) is 12.5. The number of unbranched alkanes of at least 4 members (excludes halogenated alkanes) is 2. The van der Waals surface area contributed by atoms with Crippen LogP contribution in [-0.2, 0) is 0 Å². The van der Waals surface area contributed by atoms with E-state index in [1.54, 1.807) is 17.0 Å². The molecule has 0 spiro atoms. The highest BCUT2D eigenvalue weighted by molar-refractivity contribution is 5.94. The Hall–Kier alpha value is -1.55. The second kappa shape index (κ2) is 9.37. The molecule has 112 valence electrons. The molecular formula is C16H25NO3. The van der Waals surface area contributed by atoms with Crippen LogP contribution in [0.4, 0.5) is 0 Å². The van der Waals surface area contributed by atoms with E-state index in [9.17, 15) is 4.79 Å². The summed E-state index contributed by atoms with van der Waals surface area (Å²) in [5, 5.41) is 8.71. The van der Waals surface area contributed by atoms with E-state index in [2.05, 4.69) is 6.92 Å². The van der Waals surface area contributed by atoms with Crippen molar-refractivity contribution in [3.63, 3.8) is 0 Å². The standard InChI is InChI=1S/C16H25NO3/c1-3-13-20-15-9-7-14(8-10-15)16(19)17(2)11-5-4-6-12-18/h7-10,18H,3-6,11-13H2,1-2H3. The van der Waals surface area contributed by atoms with Crippen LogP contribution < -0.4 is 4.74 Å². The normalized spacial score (nSPS) is 10.3. The van der Waals surface area contributed by atoms with Gasteiger partial charge in [-0.3, -0.25) is 4.79 Å². The molecular weight excluding hydrogens is 254 g/mol. The fraction of sp³-hybridized carbons (Fsp3) is 0.562. The van der Waals surface area contributed by atoms with Crippen LogP contribution in [0.5, 0.6) is 5.75 Å². The predicted molar refractivity (Wildman–Crippen MR) is 80.1 cm³/mol. The summed E-state index contributed by atoms with van der Waals surface area (Å²) in [6, 6.07) is 7.28. The van der Waals surface area contributed by atoms with Gasteiger partial charge in [0.1, 0.15) is 5.75 Å². The Morgan fingerprint density at radius 1 is 1.20 bits per heavy atom. The molecule has 0 atom stereocenters. The zero-order valence-corrected chi connectivity index (χ0v) is 12.5. The fourth-order valence-corrected chi connectivity index (χ4v) is 1.87. The third-order valence-electron chi connectivity index (χ3n) is 3.07. The molecule has 0 aliphatic carbocycles. The Morgan fingerprint density at radius 3 is 2.50 bits per heavy atom. The molecule has 0 unspecified atom stereocenters. The van der Waals surface area contributed by atoms with E-state index in [1.807, 2.05) is 19.2 Å². The lowest BCUT2D eigenvalue weighted by Crippen LogP contribution is -2.27. The van der Waals surface area contributed by atoms with Gasteiger partial charge in [0, 0.05) is 25.8 Å². The van der Waals surface area contributed by atoms with Gasteiger partial charge in [-0.2, -0.15) is 0 Å². The Morgan fingerprint density at radius 2 is 1.90 bits per heavy atom. The molecule has 1 aromatic rings. The molecule has 1 aromatic carbocycles. The van der Waals surface area contributed by atoms with Crippen LogP contribution in [0.3, 0.4) is 0 Å². The molecule has 0 saturated heterocycles. The van der Waals surface area contributed by atoms with E-state index in [0.29, 0.717) is 18.7 Å². The van der Waals surface area contributed by atoms with Crippen molar-refractivity contribution in [3.05, 3.63) is 29.8 Å². The predicted octanol–water partition coefficient (Wildman–Crippen LogP) is 2.71. The lowest BCUT2D eigenvalue weighted by molar-refractivity contribution is 0.0792. The van der Waals surface area contributed by atoms with Crippen molar-refractivity contribution < 1.29 is 14.6 Å². The Kier molecular flexibility index (Phi) is 7.73. The first-order chi connectivity index (χ1) is 9.69. The van der Waals surface area contributed by atoms with Crippen LogP contribution in [0.1, 0.15) is 43.0 Å². The Bertz CT molecular complexity index is 389. The number of aliphatic hydroxyl groups excluding tert-OH is 1. The van der Waals surface area contributed by atoms with Crippen molar-refractivity contribution in [2.24, 2.45) is 0 Å². The number of ether oxygens (including phenoxy) is 1. The third-order valence-corrected chi connectivity index (χ3v) is 3.07. The second-order valence-corrected chi connectivity index (χ2v) is 4.88. The molecule has 0 aliphatic heterocycles. The number of benzene rings is 1. The van der Waals surface area contributed by atoms with Gasteiger partial charge in [0.2, 0.25) is 0 Å². The summed E-state index contributed by atoms with van der Waals surface area (Å²) in [6.45, 7) is 3.69. The van der Waals surface area contributed by atoms with Gasteiger partial charge in [0.05, 0.1) is 6.61 Å². The van der Waals surface area contributed by atoms with Crippen LogP contribution in [0.2, 0.25) is 0 Å². The molecule has 0 bridgehead atoms. The summed E-state index contributed by atoms with van der Waals surface area (Å²) in [5.41, 5.74) is 0.679. The Balaban J connectivity index is 2.45. The van der Waals surface area contributed by atoms with E-state index in [-0.39, 0.29) is 12.5 Å². The van der Waals surface area contributed by atoms with Crippen molar-refractivity contribution in [3.8, 4) is 5.75 Å². The van der Waals surface area contributed by atoms with Crippen LogP contribution in [0, 0.1) is 0 Å². The van der Waals surface area contributed by atoms with Gasteiger partial charge >= 0.3 is 0 Å². The average molecular weight is 279 g/mol. The van der Waals surface area contributed by atoms with Crippen molar-refractivity contribution in [1.29, 1.82) is 0 Å². The fourth-order valence-electron chi connectivity index (χ4n) is 1.87. The van der Waals surface area contributed by atoms with Gasteiger partial charge in [0.25, 0.3) is 5.91 Å². The number of nitrogens with zero attached hydrogens (tertiary/aromatic N) is 1. The quantitative estimate of drug-likeness (QED) is 0.707. The van der Waals surface area contributed by atoms with Crippen LogP contribution >= 0.6 is 0 Å². The number of carbonyl (C=O) groups is 1. The molecule has 4 heteroatoms. The van der Waals surface area contributed by atoms with E-state index in [1.165, 1.54) is 0 Å². The Labute approximate surface area is 121 Å². The molecule has 1 rings (SSSR count).